The molecule has 0 bridgehead atoms. The Balaban J connectivity index is 1.47. The quantitative estimate of drug-likeness (QED) is 0.566. The predicted octanol–water partition coefficient (Wildman–Crippen LogP) is 6.03. The molecule has 3 saturated carbocycles. The van der Waals surface area contributed by atoms with Gasteiger partial charge in [0.05, 0.1) is 11.7 Å². The fourth-order valence-electron chi connectivity index (χ4n) is 8.03. The minimum Gasteiger partial charge on any atom is -0.393 e. The van der Waals surface area contributed by atoms with Gasteiger partial charge in [0.1, 0.15) is 0 Å². The highest BCUT2D eigenvalue weighted by molar-refractivity contribution is 5.25. The largest absolute Gasteiger partial charge is 0.393 e. The maximum atomic E-state index is 10.3. The van der Waals surface area contributed by atoms with Crippen LogP contribution in [0.1, 0.15) is 91.4 Å². The van der Waals surface area contributed by atoms with E-state index in [1.54, 1.807) is 11.6 Å². The Morgan fingerprint density at radius 1 is 1.18 bits per heavy atom. The summed E-state index contributed by atoms with van der Waals surface area (Å²) < 4.78 is 0. The molecule has 0 saturated heterocycles. The van der Waals surface area contributed by atoms with Gasteiger partial charge < -0.3 is 10.2 Å². The van der Waals surface area contributed by atoms with Gasteiger partial charge in [-0.05, 0) is 112 Å². The van der Waals surface area contributed by atoms with Gasteiger partial charge in [-0.2, -0.15) is 0 Å². The normalized spacial score (nSPS) is 47.3. The summed E-state index contributed by atoms with van der Waals surface area (Å²) in [5, 5.41) is 20.4. The molecule has 0 aromatic carbocycles. The highest BCUT2D eigenvalue weighted by Crippen LogP contribution is 2.66. The lowest BCUT2D eigenvalue weighted by molar-refractivity contribution is -0.0513. The Labute approximate surface area is 172 Å². The van der Waals surface area contributed by atoms with Crippen molar-refractivity contribution in [3.8, 4) is 0 Å². The SMILES string of the molecule is C=C[C@](C)(O)CCC[C@H]1CCC2[C@@H]3CC=C4CC(O)CCC4(C)C3CCC21C. The van der Waals surface area contributed by atoms with Crippen molar-refractivity contribution < 1.29 is 10.2 Å². The van der Waals surface area contributed by atoms with E-state index in [1.807, 2.05) is 6.92 Å². The van der Waals surface area contributed by atoms with E-state index in [0.717, 1.165) is 49.4 Å². The molecule has 3 fully saturated rings. The topological polar surface area (TPSA) is 40.5 Å². The minimum absolute atomic E-state index is 0.103. The molecule has 0 heterocycles. The Morgan fingerprint density at radius 2 is 1.96 bits per heavy atom. The number of aliphatic hydroxyl groups is 2. The van der Waals surface area contributed by atoms with Gasteiger partial charge in [-0.15, -0.1) is 6.58 Å². The Hall–Kier alpha value is -0.600. The maximum Gasteiger partial charge on any atom is 0.0797 e. The van der Waals surface area contributed by atoms with Crippen molar-refractivity contribution in [2.45, 2.75) is 103 Å². The molecule has 0 aliphatic heterocycles. The highest BCUT2D eigenvalue weighted by Gasteiger charge is 2.58. The second-order valence-corrected chi connectivity index (χ2v) is 11.4. The predicted molar refractivity (Wildman–Crippen MR) is 116 cm³/mol. The molecule has 28 heavy (non-hydrogen) atoms. The van der Waals surface area contributed by atoms with Crippen LogP contribution < -0.4 is 0 Å². The van der Waals surface area contributed by atoms with E-state index >= 15 is 0 Å². The molecular formula is C26H42O2. The molecule has 2 nitrogen and oxygen atoms in total. The summed E-state index contributed by atoms with van der Waals surface area (Å²) in [7, 11) is 0. The molecule has 0 spiro atoms. The van der Waals surface area contributed by atoms with Crippen LogP contribution in [0.15, 0.2) is 24.3 Å². The molecule has 2 heteroatoms. The molecule has 8 atom stereocenters. The Bertz CT molecular complexity index is 634. The monoisotopic (exact) mass is 386 g/mol. The number of hydrogen-bond acceptors (Lipinski definition) is 2. The van der Waals surface area contributed by atoms with Crippen LogP contribution >= 0.6 is 0 Å². The van der Waals surface area contributed by atoms with Crippen LogP contribution in [0.5, 0.6) is 0 Å². The molecule has 0 aromatic rings. The third kappa shape index (κ3) is 3.33. The summed E-state index contributed by atoms with van der Waals surface area (Å²) in [6, 6.07) is 0. The van der Waals surface area contributed by atoms with E-state index in [0.29, 0.717) is 10.8 Å². The smallest absolute Gasteiger partial charge is 0.0797 e. The van der Waals surface area contributed by atoms with Crippen LogP contribution in [0.2, 0.25) is 0 Å². The molecule has 0 aromatic heterocycles. The van der Waals surface area contributed by atoms with Gasteiger partial charge in [0.25, 0.3) is 0 Å². The van der Waals surface area contributed by atoms with Gasteiger partial charge in [-0.1, -0.05) is 31.6 Å². The van der Waals surface area contributed by atoms with Crippen LogP contribution in [-0.4, -0.2) is 21.9 Å². The van der Waals surface area contributed by atoms with E-state index < -0.39 is 5.60 Å². The summed E-state index contributed by atoms with van der Waals surface area (Å²) in [6.45, 7) is 10.8. The fraction of sp³-hybridized carbons (Fsp3) is 0.846. The Kier molecular flexibility index (Phi) is 5.37. The number of rotatable bonds is 5. The van der Waals surface area contributed by atoms with E-state index in [-0.39, 0.29) is 6.10 Å². The molecule has 4 aliphatic carbocycles. The average molecular weight is 387 g/mol. The van der Waals surface area contributed by atoms with Crippen LogP contribution in [0, 0.1) is 34.5 Å². The third-order valence-electron chi connectivity index (χ3n) is 9.95. The zero-order valence-corrected chi connectivity index (χ0v) is 18.4. The Morgan fingerprint density at radius 3 is 2.71 bits per heavy atom. The van der Waals surface area contributed by atoms with Gasteiger partial charge >= 0.3 is 0 Å². The first-order valence-electron chi connectivity index (χ1n) is 11.9. The van der Waals surface area contributed by atoms with Crippen molar-refractivity contribution in [1.29, 1.82) is 0 Å². The first-order chi connectivity index (χ1) is 13.2. The third-order valence-corrected chi connectivity index (χ3v) is 9.95. The number of fused-ring (bicyclic) bond motifs is 5. The first-order valence-corrected chi connectivity index (χ1v) is 11.9. The highest BCUT2D eigenvalue weighted by atomic mass is 16.3. The molecule has 0 amide bonds. The second kappa shape index (κ2) is 7.27. The van der Waals surface area contributed by atoms with Crippen LogP contribution in [0.25, 0.3) is 0 Å². The fourth-order valence-corrected chi connectivity index (χ4v) is 8.03. The maximum absolute atomic E-state index is 10.3. The second-order valence-electron chi connectivity index (χ2n) is 11.4. The molecule has 2 N–H and O–H groups in total. The van der Waals surface area contributed by atoms with Gasteiger partial charge in [0.2, 0.25) is 0 Å². The van der Waals surface area contributed by atoms with Crippen molar-refractivity contribution in [2.75, 3.05) is 0 Å². The molecule has 5 unspecified atom stereocenters. The van der Waals surface area contributed by atoms with E-state index in [9.17, 15) is 10.2 Å². The lowest BCUT2D eigenvalue weighted by atomic mass is 9.47. The minimum atomic E-state index is -0.707. The molecule has 0 radical (unpaired) electrons. The van der Waals surface area contributed by atoms with E-state index in [2.05, 4.69) is 26.5 Å². The van der Waals surface area contributed by atoms with Gasteiger partial charge in [0, 0.05) is 0 Å². The van der Waals surface area contributed by atoms with E-state index in [4.69, 9.17) is 0 Å². The van der Waals surface area contributed by atoms with Gasteiger partial charge in [0.15, 0.2) is 0 Å². The van der Waals surface area contributed by atoms with Crippen LogP contribution in [0.4, 0.5) is 0 Å². The lowest BCUT2D eigenvalue weighted by Crippen LogP contribution is -2.50. The zero-order chi connectivity index (χ0) is 20.2. The first kappa shape index (κ1) is 20.7. The molecular weight excluding hydrogens is 344 g/mol. The lowest BCUT2D eigenvalue weighted by Gasteiger charge is -2.58. The average Bonchev–Trinajstić information content (AvgIpc) is 2.99. The number of hydrogen-bond donors (Lipinski definition) is 2. The summed E-state index contributed by atoms with van der Waals surface area (Å²) >= 11 is 0. The van der Waals surface area contributed by atoms with E-state index in [1.165, 1.54) is 44.9 Å². The molecule has 4 rings (SSSR count). The van der Waals surface area contributed by atoms with Crippen molar-refractivity contribution in [1.82, 2.24) is 0 Å². The van der Waals surface area contributed by atoms with Crippen molar-refractivity contribution in [3.05, 3.63) is 24.3 Å². The number of allylic oxidation sites excluding steroid dienone is 1. The van der Waals surface area contributed by atoms with Crippen LogP contribution in [-0.2, 0) is 0 Å². The number of aliphatic hydroxyl groups excluding tert-OH is 1. The molecule has 4 aliphatic rings. The van der Waals surface area contributed by atoms with Gasteiger partial charge in [-0.25, -0.2) is 0 Å². The van der Waals surface area contributed by atoms with Crippen molar-refractivity contribution >= 4 is 0 Å². The van der Waals surface area contributed by atoms with Crippen LogP contribution in [0.3, 0.4) is 0 Å². The zero-order valence-electron chi connectivity index (χ0n) is 18.4. The summed E-state index contributed by atoms with van der Waals surface area (Å²) in [5.41, 5.74) is 1.72. The molecule has 158 valence electrons. The van der Waals surface area contributed by atoms with Gasteiger partial charge in [-0.3, -0.25) is 0 Å². The summed E-state index contributed by atoms with van der Waals surface area (Å²) in [5.74, 6) is 3.38. The summed E-state index contributed by atoms with van der Waals surface area (Å²) in [4.78, 5) is 0. The summed E-state index contributed by atoms with van der Waals surface area (Å²) in [6.07, 6.45) is 17.3. The van der Waals surface area contributed by atoms with Crippen molar-refractivity contribution in [3.63, 3.8) is 0 Å². The standard InChI is InChI=1S/C26H42O2/c1-5-24(2,28)14-6-7-18-9-11-22-21-10-8-19-17-20(27)12-15-26(19,4)23(21)13-16-25(18,22)3/h5,8,18,20-23,27-28H,1,6-7,9-17H2,2-4H3/t18-,20?,21-,22?,23?,24-,25?,26?/m0/s1. The van der Waals surface area contributed by atoms with Crippen molar-refractivity contribution in [2.24, 2.45) is 34.5 Å².